The van der Waals surface area contributed by atoms with Gasteiger partial charge in [-0.05, 0) is 17.9 Å². The van der Waals surface area contributed by atoms with Crippen LogP contribution >= 0.6 is 0 Å². The quantitative estimate of drug-likeness (QED) is 0.567. The summed E-state index contributed by atoms with van der Waals surface area (Å²) < 4.78 is 0. The van der Waals surface area contributed by atoms with E-state index >= 15 is 0 Å². The van der Waals surface area contributed by atoms with Gasteiger partial charge in [-0.3, -0.25) is 0 Å². The molecule has 1 nitrogen and oxygen atoms in total. The van der Waals surface area contributed by atoms with Crippen molar-refractivity contribution in [3.05, 3.63) is 35.4 Å². The summed E-state index contributed by atoms with van der Waals surface area (Å²) in [5.41, 5.74) is 3.02. The molecule has 1 aromatic rings. The average Bonchev–Trinajstić information content (AvgIpc) is 1.86. The molecule has 0 radical (unpaired) electrons. The first-order valence-electron chi connectivity index (χ1n) is 4.07. The Hall–Kier alpha value is -0.820. The summed E-state index contributed by atoms with van der Waals surface area (Å²) in [6.45, 7) is 8.82. The van der Waals surface area contributed by atoms with Crippen molar-refractivity contribution < 1.29 is 5.48 Å². The highest BCUT2D eigenvalue weighted by molar-refractivity contribution is 5.26. The van der Waals surface area contributed by atoms with E-state index in [-0.39, 0.29) is 10.9 Å². The summed E-state index contributed by atoms with van der Waals surface area (Å²) >= 11 is 0. The number of rotatable bonds is 0. The minimum Gasteiger partial charge on any atom is -0.412 e. The van der Waals surface area contributed by atoms with Gasteiger partial charge >= 0.3 is 0 Å². The second-order valence-electron chi connectivity index (χ2n) is 4.12. The molecule has 68 valence electrons. The third kappa shape index (κ3) is 2.67. The molecule has 0 amide bonds. The van der Waals surface area contributed by atoms with Crippen LogP contribution in [0.4, 0.5) is 0 Å². The van der Waals surface area contributed by atoms with Crippen LogP contribution in [0, 0.1) is 6.92 Å². The van der Waals surface area contributed by atoms with Crippen LogP contribution in [0.3, 0.4) is 0 Å². The van der Waals surface area contributed by atoms with Crippen molar-refractivity contribution >= 4 is 0 Å². The van der Waals surface area contributed by atoms with Crippen molar-refractivity contribution in [3.63, 3.8) is 0 Å². The highest BCUT2D eigenvalue weighted by Gasteiger charge is 2.11. The van der Waals surface area contributed by atoms with Crippen LogP contribution in [-0.2, 0) is 5.41 Å². The molecule has 0 atom stereocenters. The van der Waals surface area contributed by atoms with Gasteiger partial charge in [-0.2, -0.15) is 0 Å². The standard InChI is InChI=1S/C11H16.H2O/c1-9-5-7-10(8-6-9)11(2,3)4;/h5-8H,1-4H3;1H2. The fourth-order valence-corrected chi connectivity index (χ4v) is 1.05. The lowest BCUT2D eigenvalue weighted by Crippen LogP contribution is -2.10. The van der Waals surface area contributed by atoms with E-state index in [1.54, 1.807) is 0 Å². The third-order valence-electron chi connectivity index (χ3n) is 1.92. The molecule has 0 heterocycles. The molecule has 0 unspecified atom stereocenters. The zero-order chi connectivity index (χ0) is 8.48. The van der Waals surface area contributed by atoms with Gasteiger partial charge in [0, 0.05) is 0 Å². The molecule has 0 aromatic heterocycles. The van der Waals surface area contributed by atoms with Gasteiger partial charge in [0.05, 0.1) is 0 Å². The summed E-state index contributed by atoms with van der Waals surface area (Å²) in [5.74, 6) is 0. The molecule has 1 heteroatoms. The maximum absolute atomic E-state index is 2.23. The minimum absolute atomic E-state index is 0. The smallest absolute Gasteiger partial charge is 0.0132 e. The topological polar surface area (TPSA) is 31.5 Å². The highest BCUT2D eigenvalue weighted by Crippen LogP contribution is 2.21. The zero-order valence-corrected chi connectivity index (χ0v) is 8.31. The Morgan fingerprint density at radius 1 is 0.917 bits per heavy atom. The van der Waals surface area contributed by atoms with Crippen molar-refractivity contribution in [3.8, 4) is 0 Å². The van der Waals surface area contributed by atoms with Gasteiger partial charge in [0.1, 0.15) is 0 Å². The van der Waals surface area contributed by atoms with Gasteiger partial charge < -0.3 is 5.48 Å². The fraction of sp³-hybridized carbons (Fsp3) is 0.455. The average molecular weight is 166 g/mol. The van der Waals surface area contributed by atoms with Gasteiger partial charge in [0.2, 0.25) is 0 Å². The van der Waals surface area contributed by atoms with E-state index in [1.807, 2.05) is 0 Å². The number of hydrogen-bond acceptors (Lipinski definition) is 0. The second-order valence-corrected chi connectivity index (χ2v) is 4.12. The van der Waals surface area contributed by atoms with Crippen molar-refractivity contribution in [2.45, 2.75) is 33.1 Å². The van der Waals surface area contributed by atoms with Crippen LogP contribution in [0.2, 0.25) is 0 Å². The van der Waals surface area contributed by atoms with Crippen molar-refractivity contribution in [1.29, 1.82) is 0 Å². The van der Waals surface area contributed by atoms with E-state index in [2.05, 4.69) is 52.0 Å². The highest BCUT2D eigenvalue weighted by atomic mass is 16.0. The maximum Gasteiger partial charge on any atom is -0.0132 e. The monoisotopic (exact) mass is 166 g/mol. The summed E-state index contributed by atoms with van der Waals surface area (Å²) in [6, 6.07) is 8.74. The van der Waals surface area contributed by atoms with E-state index in [0.717, 1.165) is 0 Å². The lowest BCUT2D eigenvalue weighted by Gasteiger charge is -2.18. The van der Waals surface area contributed by atoms with Gasteiger partial charge in [0.25, 0.3) is 0 Å². The molecule has 0 fully saturated rings. The zero-order valence-electron chi connectivity index (χ0n) is 8.31. The summed E-state index contributed by atoms with van der Waals surface area (Å²) in [5, 5.41) is 0. The molecule has 2 N–H and O–H groups in total. The molecule has 0 saturated heterocycles. The number of hydrogen-bond donors (Lipinski definition) is 0. The third-order valence-corrected chi connectivity index (χ3v) is 1.92. The first kappa shape index (κ1) is 11.2. The first-order valence-corrected chi connectivity index (χ1v) is 4.07. The van der Waals surface area contributed by atoms with Gasteiger partial charge in [0.15, 0.2) is 0 Å². The molecule has 1 rings (SSSR count). The van der Waals surface area contributed by atoms with Crippen LogP contribution < -0.4 is 0 Å². The molecule has 1 aromatic carbocycles. The maximum atomic E-state index is 2.23. The molecule has 0 aliphatic heterocycles. The van der Waals surface area contributed by atoms with Crippen LogP contribution in [0.1, 0.15) is 31.9 Å². The summed E-state index contributed by atoms with van der Waals surface area (Å²) in [4.78, 5) is 0. The molecule has 0 aliphatic carbocycles. The van der Waals surface area contributed by atoms with Crippen LogP contribution in [0.25, 0.3) is 0 Å². The summed E-state index contributed by atoms with van der Waals surface area (Å²) in [7, 11) is 0. The molecular formula is C11H18O. The van der Waals surface area contributed by atoms with E-state index in [4.69, 9.17) is 0 Å². The van der Waals surface area contributed by atoms with Crippen molar-refractivity contribution in [2.24, 2.45) is 0 Å². The fourth-order valence-electron chi connectivity index (χ4n) is 1.05. The number of aryl methyl sites for hydroxylation is 1. The Morgan fingerprint density at radius 2 is 1.33 bits per heavy atom. The number of benzene rings is 1. The largest absolute Gasteiger partial charge is 0.412 e. The lowest BCUT2D eigenvalue weighted by atomic mass is 9.87. The Labute approximate surface area is 74.7 Å². The Kier molecular flexibility index (Phi) is 3.47. The first-order chi connectivity index (χ1) is 5.00. The molecular weight excluding hydrogens is 148 g/mol. The van der Waals surface area contributed by atoms with Crippen molar-refractivity contribution in [1.82, 2.24) is 0 Å². The SMILES string of the molecule is Cc1ccc(C(C)(C)C)cc1.O. The predicted molar refractivity (Wildman–Crippen MR) is 53.5 cm³/mol. The van der Waals surface area contributed by atoms with Gasteiger partial charge in [-0.25, -0.2) is 0 Å². The second kappa shape index (κ2) is 3.72. The lowest BCUT2D eigenvalue weighted by molar-refractivity contribution is 0.590. The van der Waals surface area contributed by atoms with E-state index in [9.17, 15) is 0 Å². The van der Waals surface area contributed by atoms with E-state index in [1.165, 1.54) is 11.1 Å². The molecule has 0 bridgehead atoms. The predicted octanol–water partition coefficient (Wildman–Crippen LogP) is 2.47. The Morgan fingerprint density at radius 3 is 1.67 bits per heavy atom. The minimum atomic E-state index is 0. The molecule has 0 saturated carbocycles. The van der Waals surface area contributed by atoms with E-state index < -0.39 is 0 Å². The molecule has 12 heavy (non-hydrogen) atoms. The van der Waals surface area contributed by atoms with Crippen LogP contribution in [-0.4, -0.2) is 5.48 Å². The van der Waals surface area contributed by atoms with Crippen LogP contribution in [0.15, 0.2) is 24.3 Å². The summed E-state index contributed by atoms with van der Waals surface area (Å²) in [6.07, 6.45) is 0. The molecule has 0 aliphatic rings. The van der Waals surface area contributed by atoms with Gasteiger partial charge in [-0.1, -0.05) is 50.6 Å². The van der Waals surface area contributed by atoms with Crippen molar-refractivity contribution in [2.75, 3.05) is 0 Å². The van der Waals surface area contributed by atoms with E-state index in [0.29, 0.717) is 0 Å². The normalized spacial score (nSPS) is 10.7. The Balaban J connectivity index is 0.00000121. The van der Waals surface area contributed by atoms with Gasteiger partial charge in [-0.15, -0.1) is 0 Å². The molecule has 0 spiro atoms. The van der Waals surface area contributed by atoms with Crippen LogP contribution in [0.5, 0.6) is 0 Å². The Bertz CT molecular complexity index is 228.